The highest BCUT2D eigenvalue weighted by molar-refractivity contribution is 7.99. The maximum Gasteiger partial charge on any atom is 0.224 e. The largest absolute Gasteiger partial charge is 0.368 e. The molecule has 4 nitrogen and oxygen atoms in total. The van der Waals surface area contributed by atoms with Gasteiger partial charge in [0.05, 0.1) is 0 Å². The van der Waals surface area contributed by atoms with Crippen molar-refractivity contribution in [2.75, 3.05) is 49.1 Å². The summed E-state index contributed by atoms with van der Waals surface area (Å²) in [4.78, 5) is 16.8. The summed E-state index contributed by atoms with van der Waals surface area (Å²) in [6.07, 6.45) is 0.650. The molecule has 0 aliphatic carbocycles. The third-order valence-corrected chi connectivity index (χ3v) is 5.55. The summed E-state index contributed by atoms with van der Waals surface area (Å²) in [5, 5.41) is 3.45. The van der Waals surface area contributed by atoms with E-state index in [4.69, 9.17) is 0 Å². The molecule has 24 heavy (non-hydrogen) atoms. The van der Waals surface area contributed by atoms with E-state index in [1.807, 2.05) is 16.7 Å². The second-order valence-corrected chi connectivity index (χ2v) is 7.29. The smallest absolute Gasteiger partial charge is 0.224 e. The van der Waals surface area contributed by atoms with Gasteiger partial charge in [-0.15, -0.1) is 24.8 Å². The molecule has 0 radical (unpaired) electrons. The third kappa shape index (κ3) is 5.73. The van der Waals surface area contributed by atoms with Crippen LogP contribution in [0.25, 0.3) is 0 Å². The lowest BCUT2D eigenvalue weighted by Gasteiger charge is -2.37. The minimum absolute atomic E-state index is 0. The van der Waals surface area contributed by atoms with Crippen molar-refractivity contribution in [3.63, 3.8) is 0 Å². The Kier molecular flexibility index (Phi) is 9.27. The summed E-state index contributed by atoms with van der Waals surface area (Å²) in [5.41, 5.74) is 2.56. The van der Waals surface area contributed by atoms with Gasteiger partial charge in [-0.05, 0) is 24.6 Å². The topological polar surface area (TPSA) is 35.6 Å². The van der Waals surface area contributed by atoms with Crippen LogP contribution < -0.4 is 10.2 Å². The van der Waals surface area contributed by atoms with Gasteiger partial charge < -0.3 is 15.1 Å². The summed E-state index contributed by atoms with van der Waals surface area (Å²) in [7, 11) is 0. The molecule has 2 heterocycles. The van der Waals surface area contributed by atoms with Crippen LogP contribution in [0.2, 0.25) is 0 Å². The molecule has 0 aromatic heterocycles. The highest BCUT2D eigenvalue weighted by atomic mass is 35.5. The SMILES string of the molecule is Cc1cccc(N2CCN(C(=O)CC3CSCCN3)CC2)c1.Cl.Cl. The van der Waals surface area contributed by atoms with Crippen molar-refractivity contribution in [2.24, 2.45) is 0 Å². The average Bonchev–Trinajstić information content (AvgIpc) is 2.56. The van der Waals surface area contributed by atoms with Crippen LogP contribution in [0.3, 0.4) is 0 Å². The molecule has 2 aliphatic rings. The Bertz CT molecular complexity index is 518. The van der Waals surface area contributed by atoms with Crippen molar-refractivity contribution in [1.29, 1.82) is 0 Å². The van der Waals surface area contributed by atoms with E-state index in [0.717, 1.165) is 38.5 Å². The Hall–Kier alpha value is -0.620. The van der Waals surface area contributed by atoms with Crippen molar-refractivity contribution in [3.8, 4) is 0 Å². The molecule has 1 amide bonds. The lowest BCUT2D eigenvalue weighted by molar-refractivity contribution is -0.131. The molecule has 136 valence electrons. The summed E-state index contributed by atoms with van der Waals surface area (Å²) in [6.45, 7) is 6.70. The maximum absolute atomic E-state index is 12.4. The molecule has 2 fully saturated rings. The van der Waals surface area contributed by atoms with Crippen LogP contribution in [-0.4, -0.2) is 61.1 Å². The molecule has 2 saturated heterocycles. The number of nitrogens with one attached hydrogen (secondary N) is 1. The quantitative estimate of drug-likeness (QED) is 0.858. The monoisotopic (exact) mass is 391 g/mol. The van der Waals surface area contributed by atoms with Gasteiger partial charge >= 0.3 is 0 Å². The predicted molar refractivity (Wildman–Crippen MR) is 108 cm³/mol. The van der Waals surface area contributed by atoms with E-state index in [1.54, 1.807) is 0 Å². The van der Waals surface area contributed by atoms with Gasteiger partial charge in [-0.3, -0.25) is 4.79 Å². The fourth-order valence-corrected chi connectivity index (χ4v) is 4.08. The van der Waals surface area contributed by atoms with Crippen molar-refractivity contribution in [3.05, 3.63) is 29.8 Å². The lowest BCUT2D eigenvalue weighted by atomic mass is 10.1. The molecule has 1 N–H and O–H groups in total. The summed E-state index contributed by atoms with van der Waals surface area (Å²) < 4.78 is 0. The first-order chi connectivity index (χ1) is 10.7. The first-order valence-electron chi connectivity index (χ1n) is 8.13. The Morgan fingerprint density at radius 2 is 2.00 bits per heavy atom. The molecule has 1 aromatic carbocycles. The highest BCUT2D eigenvalue weighted by Crippen LogP contribution is 2.18. The summed E-state index contributed by atoms with van der Waals surface area (Å²) >= 11 is 1.95. The first-order valence-corrected chi connectivity index (χ1v) is 9.28. The fourth-order valence-electron chi connectivity index (χ4n) is 3.13. The van der Waals surface area contributed by atoms with Crippen LogP contribution in [0.1, 0.15) is 12.0 Å². The number of carbonyl (C=O) groups excluding carboxylic acids is 1. The van der Waals surface area contributed by atoms with Gasteiger partial charge in [0.1, 0.15) is 0 Å². The van der Waals surface area contributed by atoms with E-state index in [2.05, 4.69) is 41.4 Å². The Morgan fingerprint density at radius 3 is 2.62 bits per heavy atom. The number of halogens is 2. The number of carbonyl (C=O) groups is 1. The van der Waals surface area contributed by atoms with Gasteiger partial charge in [0, 0.05) is 62.4 Å². The Balaban J connectivity index is 0.00000144. The van der Waals surface area contributed by atoms with E-state index >= 15 is 0 Å². The van der Waals surface area contributed by atoms with Gasteiger partial charge in [-0.25, -0.2) is 0 Å². The molecule has 1 unspecified atom stereocenters. The molecule has 3 rings (SSSR count). The number of benzene rings is 1. The van der Waals surface area contributed by atoms with Crippen molar-refractivity contribution < 1.29 is 4.79 Å². The van der Waals surface area contributed by atoms with E-state index < -0.39 is 0 Å². The molecule has 0 saturated carbocycles. The fraction of sp³-hybridized carbons (Fsp3) is 0.588. The van der Waals surface area contributed by atoms with E-state index in [0.29, 0.717) is 18.4 Å². The maximum atomic E-state index is 12.4. The van der Waals surface area contributed by atoms with Crippen LogP contribution in [0.4, 0.5) is 5.69 Å². The minimum Gasteiger partial charge on any atom is -0.368 e. The standard InChI is InChI=1S/C17H25N3OS.2ClH/c1-14-3-2-4-16(11-14)19-6-8-20(9-7-19)17(21)12-15-13-22-10-5-18-15;;/h2-4,11,15,18H,5-10,12-13H2,1H3;2*1H. The second-order valence-electron chi connectivity index (χ2n) is 6.14. The zero-order valence-corrected chi connectivity index (χ0v) is 16.5. The number of anilines is 1. The molecule has 1 aromatic rings. The highest BCUT2D eigenvalue weighted by Gasteiger charge is 2.24. The number of thioether (sulfide) groups is 1. The van der Waals surface area contributed by atoms with Crippen LogP contribution in [-0.2, 0) is 4.79 Å². The average molecular weight is 392 g/mol. The minimum atomic E-state index is 0. The van der Waals surface area contributed by atoms with Crippen LogP contribution in [0, 0.1) is 6.92 Å². The first kappa shape index (κ1) is 21.4. The van der Waals surface area contributed by atoms with Crippen molar-refractivity contribution >= 4 is 48.2 Å². The molecule has 1 atom stereocenters. The summed E-state index contributed by atoms with van der Waals surface area (Å²) in [6, 6.07) is 8.97. The zero-order valence-electron chi connectivity index (χ0n) is 14.1. The number of hydrogen-bond acceptors (Lipinski definition) is 4. The lowest BCUT2D eigenvalue weighted by Crippen LogP contribution is -2.50. The van der Waals surface area contributed by atoms with Crippen LogP contribution in [0.15, 0.2) is 24.3 Å². The number of rotatable bonds is 3. The molecular formula is C17H27Cl2N3OS. The van der Waals surface area contributed by atoms with Crippen LogP contribution >= 0.6 is 36.6 Å². The van der Waals surface area contributed by atoms with Gasteiger partial charge in [-0.1, -0.05) is 12.1 Å². The van der Waals surface area contributed by atoms with Crippen LogP contribution in [0.5, 0.6) is 0 Å². The second kappa shape index (κ2) is 10.4. The number of amides is 1. The van der Waals surface area contributed by atoms with E-state index in [1.165, 1.54) is 17.0 Å². The molecule has 0 spiro atoms. The number of nitrogens with zero attached hydrogens (tertiary/aromatic N) is 2. The predicted octanol–water partition coefficient (Wildman–Crippen LogP) is 2.58. The molecular weight excluding hydrogens is 365 g/mol. The van der Waals surface area contributed by atoms with Gasteiger partial charge in [0.2, 0.25) is 5.91 Å². The number of piperazine rings is 1. The van der Waals surface area contributed by atoms with Gasteiger partial charge in [0.25, 0.3) is 0 Å². The number of hydrogen-bond donors (Lipinski definition) is 1. The zero-order chi connectivity index (χ0) is 15.4. The van der Waals surface area contributed by atoms with E-state index in [9.17, 15) is 4.79 Å². The number of aryl methyl sites for hydroxylation is 1. The molecule has 2 aliphatic heterocycles. The Labute approximate surface area is 161 Å². The third-order valence-electron chi connectivity index (χ3n) is 4.42. The van der Waals surface area contributed by atoms with Gasteiger partial charge in [-0.2, -0.15) is 11.8 Å². The van der Waals surface area contributed by atoms with Gasteiger partial charge in [0.15, 0.2) is 0 Å². The molecule has 7 heteroatoms. The molecule has 0 bridgehead atoms. The normalized spacial score (nSPS) is 20.8. The Morgan fingerprint density at radius 1 is 1.25 bits per heavy atom. The summed E-state index contributed by atoms with van der Waals surface area (Å²) in [5.74, 6) is 2.54. The van der Waals surface area contributed by atoms with Crippen molar-refractivity contribution in [2.45, 2.75) is 19.4 Å². The van der Waals surface area contributed by atoms with E-state index in [-0.39, 0.29) is 24.8 Å². The van der Waals surface area contributed by atoms with Crippen molar-refractivity contribution in [1.82, 2.24) is 10.2 Å².